The normalized spacial score (nSPS) is 27.0. The van der Waals surface area contributed by atoms with E-state index >= 15 is 0 Å². The quantitative estimate of drug-likeness (QED) is 0.538. The molecular formula is C23H39O3P. The molecule has 1 fully saturated rings. The van der Waals surface area contributed by atoms with Gasteiger partial charge in [0.25, 0.3) is 0 Å². The first kappa shape index (κ1) is 22.8. The average Bonchev–Trinajstić information content (AvgIpc) is 2.59. The Bertz CT molecular complexity index is 625. The summed E-state index contributed by atoms with van der Waals surface area (Å²) in [4.78, 5) is 10.2. The van der Waals surface area contributed by atoms with Crippen LogP contribution >= 0.6 is 8.60 Å². The molecule has 1 heterocycles. The van der Waals surface area contributed by atoms with E-state index in [1.54, 1.807) is 0 Å². The zero-order valence-electron chi connectivity index (χ0n) is 18.6. The summed E-state index contributed by atoms with van der Waals surface area (Å²) in [5, 5.41) is 0. The largest absolute Gasteiger partial charge is 0.330 e. The van der Waals surface area contributed by atoms with Crippen LogP contribution in [0.2, 0.25) is 0 Å². The molecule has 0 bridgehead atoms. The summed E-state index contributed by atoms with van der Waals surface area (Å²) in [6.45, 7) is 18.6. The number of hydrogen-bond donors (Lipinski definition) is 1. The summed E-state index contributed by atoms with van der Waals surface area (Å²) in [6.07, 6.45) is 4.20. The van der Waals surface area contributed by atoms with Gasteiger partial charge in [0.1, 0.15) is 0 Å². The van der Waals surface area contributed by atoms with Crippen molar-refractivity contribution >= 4 is 8.60 Å². The molecule has 4 heteroatoms. The molecule has 0 amide bonds. The molecule has 3 nitrogen and oxygen atoms in total. The third-order valence-electron chi connectivity index (χ3n) is 5.96. The highest BCUT2D eigenvalue weighted by Crippen LogP contribution is 2.58. The van der Waals surface area contributed by atoms with Crippen molar-refractivity contribution in [1.29, 1.82) is 0 Å². The lowest BCUT2D eigenvalue weighted by atomic mass is 9.69. The topological polar surface area (TPSA) is 38.7 Å². The van der Waals surface area contributed by atoms with E-state index in [0.29, 0.717) is 6.61 Å². The van der Waals surface area contributed by atoms with E-state index in [4.69, 9.17) is 9.05 Å². The lowest BCUT2D eigenvalue weighted by Gasteiger charge is -2.45. The van der Waals surface area contributed by atoms with Crippen LogP contribution in [0.15, 0.2) is 18.2 Å². The molecule has 0 spiro atoms. The first-order chi connectivity index (χ1) is 12.4. The summed E-state index contributed by atoms with van der Waals surface area (Å²) in [5.74, 6) is 0. The van der Waals surface area contributed by atoms with Gasteiger partial charge in [-0.3, -0.25) is 0 Å². The van der Waals surface area contributed by atoms with Gasteiger partial charge in [-0.05, 0) is 40.4 Å². The van der Waals surface area contributed by atoms with E-state index < -0.39 is 8.60 Å². The Kier molecular flexibility index (Phi) is 7.18. The van der Waals surface area contributed by atoms with Gasteiger partial charge in [-0.2, -0.15) is 0 Å². The molecule has 0 aliphatic carbocycles. The summed E-state index contributed by atoms with van der Waals surface area (Å²) in [7, 11) is -1.81. The predicted octanol–water partition coefficient (Wildman–Crippen LogP) is 7.18. The molecule has 1 aliphatic rings. The maximum Gasteiger partial charge on any atom is 0.330 e. The minimum Gasteiger partial charge on any atom is -0.328 e. The van der Waals surface area contributed by atoms with Gasteiger partial charge in [-0.15, -0.1) is 0 Å². The molecule has 27 heavy (non-hydrogen) atoms. The van der Waals surface area contributed by atoms with Crippen molar-refractivity contribution in [1.82, 2.24) is 0 Å². The number of hydrogen-bond acceptors (Lipinski definition) is 3. The molecule has 0 saturated carbocycles. The van der Waals surface area contributed by atoms with Gasteiger partial charge >= 0.3 is 8.60 Å². The van der Waals surface area contributed by atoms with Crippen molar-refractivity contribution in [2.45, 2.75) is 98.0 Å². The first-order valence-electron chi connectivity index (χ1n) is 10.4. The van der Waals surface area contributed by atoms with E-state index in [-0.39, 0.29) is 22.3 Å². The highest BCUT2D eigenvalue weighted by atomic mass is 31.2. The monoisotopic (exact) mass is 394 g/mol. The second kappa shape index (κ2) is 8.49. The predicted molar refractivity (Wildman–Crippen MR) is 115 cm³/mol. The molecule has 2 rings (SSSR count). The van der Waals surface area contributed by atoms with Gasteiger partial charge < -0.3 is 13.9 Å². The van der Waals surface area contributed by atoms with Gasteiger partial charge in [0.15, 0.2) is 0 Å². The molecule has 1 aromatic carbocycles. The number of benzene rings is 1. The maximum atomic E-state index is 10.2. The fourth-order valence-electron chi connectivity index (χ4n) is 3.98. The number of rotatable bonds is 5. The fraction of sp³-hybridized carbons (Fsp3) is 0.739. The number of unbranched alkanes of at least 4 members (excludes halogenated alkanes) is 1. The smallest absolute Gasteiger partial charge is 0.328 e. The van der Waals surface area contributed by atoms with Crippen LogP contribution < -0.4 is 0 Å². The van der Waals surface area contributed by atoms with E-state index in [9.17, 15) is 4.89 Å². The van der Waals surface area contributed by atoms with E-state index in [1.807, 2.05) is 0 Å². The average molecular weight is 395 g/mol. The van der Waals surface area contributed by atoms with Crippen molar-refractivity contribution in [2.75, 3.05) is 6.61 Å². The highest BCUT2D eigenvalue weighted by Gasteiger charge is 2.46. The minimum atomic E-state index is -1.81. The molecule has 0 radical (unpaired) electrons. The summed E-state index contributed by atoms with van der Waals surface area (Å²) < 4.78 is 11.8. The Labute approximate surface area is 167 Å². The van der Waals surface area contributed by atoms with Crippen LogP contribution in [0.5, 0.6) is 0 Å². The van der Waals surface area contributed by atoms with Gasteiger partial charge in [0, 0.05) is 5.41 Å². The Hall–Kier alpha value is -0.470. The van der Waals surface area contributed by atoms with Crippen LogP contribution in [0.1, 0.15) is 104 Å². The van der Waals surface area contributed by atoms with E-state index in [0.717, 1.165) is 25.7 Å². The molecule has 1 aromatic rings. The van der Waals surface area contributed by atoms with E-state index in [2.05, 4.69) is 73.6 Å². The molecule has 1 aliphatic heterocycles. The zero-order chi connectivity index (χ0) is 20.5. The van der Waals surface area contributed by atoms with Crippen LogP contribution in [0, 0.1) is 5.41 Å². The third kappa shape index (κ3) is 5.12. The fourth-order valence-corrected chi connectivity index (χ4v) is 4.92. The summed E-state index contributed by atoms with van der Waals surface area (Å²) in [6, 6.07) is 6.84. The second-order valence-electron chi connectivity index (χ2n) is 10.1. The molecule has 3 unspecified atom stereocenters. The van der Waals surface area contributed by atoms with Gasteiger partial charge in [-0.25, -0.2) is 0 Å². The standard InChI is InChI=1S/C23H39O3P/c1-9-11-14-23(10-2)16-25-27(24)26-20(23)18-13-12-17(21(3,4)5)15-19(18)22(6,7)8/h12-13,15,20,24H,9-11,14,16H2,1-8H3. The van der Waals surface area contributed by atoms with Gasteiger partial charge in [-0.1, -0.05) is 86.4 Å². The lowest BCUT2D eigenvalue weighted by molar-refractivity contribution is -0.0591. The van der Waals surface area contributed by atoms with Crippen LogP contribution in [0.4, 0.5) is 0 Å². The minimum absolute atomic E-state index is 0.000701. The molecule has 0 aromatic heterocycles. The van der Waals surface area contributed by atoms with Crippen molar-refractivity contribution in [3.8, 4) is 0 Å². The van der Waals surface area contributed by atoms with Crippen LogP contribution in [-0.4, -0.2) is 11.5 Å². The van der Waals surface area contributed by atoms with Crippen molar-refractivity contribution in [3.05, 3.63) is 34.9 Å². The first-order valence-corrected chi connectivity index (χ1v) is 11.5. The van der Waals surface area contributed by atoms with Crippen LogP contribution in [0.3, 0.4) is 0 Å². The SMILES string of the molecule is CCCCC1(CC)COP(O)OC1c1ccc(C(C)(C)C)cc1C(C)(C)C. The zero-order valence-corrected chi connectivity index (χ0v) is 19.5. The summed E-state index contributed by atoms with van der Waals surface area (Å²) >= 11 is 0. The molecule has 1 saturated heterocycles. The van der Waals surface area contributed by atoms with Gasteiger partial charge in [0.05, 0.1) is 12.7 Å². The van der Waals surface area contributed by atoms with E-state index in [1.165, 1.54) is 16.7 Å². The summed E-state index contributed by atoms with van der Waals surface area (Å²) in [5.41, 5.74) is 3.90. The van der Waals surface area contributed by atoms with Crippen LogP contribution in [-0.2, 0) is 19.9 Å². The highest BCUT2D eigenvalue weighted by molar-refractivity contribution is 7.40. The Morgan fingerprint density at radius 3 is 2.30 bits per heavy atom. The molecule has 154 valence electrons. The van der Waals surface area contributed by atoms with Crippen molar-refractivity contribution in [2.24, 2.45) is 5.41 Å². The molecule has 3 atom stereocenters. The van der Waals surface area contributed by atoms with Crippen molar-refractivity contribution in [3.63, 3.8) is 0 Å². The second-order valence-corrected chi connectivity index (χ2v) is 11.1. The Balaban J connectivity index is 2.60. The third-order valence-corrected chi connectivity index (χ3v) is 6.70. The van der Waals surface area contributed by atoms with Gasteiger partial charge in [0.2, 0.25) is 0 Å². The van der Waals surface area contributed by atoms with Crippen LogP contribution in [0.25, 0.3) is 0 Å². The maximum absolute atomic E-state index is 10.2. The lowest BCUT2D eigenvalue weighted by Crippen LogP contribution is -2.38. The Morgan fingerprint density at radius 2 is 1.78 bits per heavy atom. The Morgan fingerprint density at radius 1 is 1.11 bits per heavy atom. The van der Waals surface area contributed by atoms with Crippen molar-refractivity contribution < 1.29 is 13.9 Å². The molecule has 1 N–H and O–H groups in total. The molecular weight excluding hydrogens is 355 g/mol.